The van der Waals surface area contributed by atoms with Gasteiger partial charge < -0.3 is 9.84 Å². The van der Waals surface area contributed by atoms with Gasteiger partial charge in [-0.1, -0.05) is 46.6 Å². The Morgan fingerprint density at radius 1 is 1.31 bits per heavy atom. The molecule has 1 aliphatic rings. The lowest BCUT2D eigenvalue weighted by atomic mass is 9.72. The Bertz CT molecular complexity index is 648. The second kappa shape index (κ2) is 10.3. The van der Waals surface area contributed by atoms with Crippen LogP contribution in [0.15, 0.2) is 35.9 Å². The van der Waals surface area contributed by atoms with E-state index in [4.69, 9.17) is 4.74 Å². The third-order valence-corrected chi connectivity index (χ3v) is 6.08. The summed E-state index contributed by atoms with van der Waals surface area (Å²) in [7, 11) is 1.77. The van der Waals surface area contributed by atoms with Gasteiger partial charge in [0.05, 0.1) is 13.7 Å². The second-order valence-corrected chi connectivity index (χ2v) is 8.32. The molecule has 0 amide bonds. The van der Waals surface area contributed by atoms with Crippen LogP contribution in [0.1, 0.15) is 61.6 Å². The SMILES string of the molecule is C=C(C)C1CCC(CO)=CC1c1c(C)cc(CCCCCBr)cc1OC. The number of rotatable bonds is 9. The number of halogens is 1. The van der Waals surface area contributed by atoms with Gasteiger partial charge in [0.25, 0.3) is 0 Å². The fraction of sp³-hybridized carbons (Fsp3) is 0.565. The van der Waals surface area contributed by atoms with Crippen LogP contribution in [0.3, 0.4) is 0 Å². The van der Waals surface area contributed by atoms with Gasteiger partial charge in [0.1, 0.15) is 5.75 Å². The molecule has 1 aliphatic carbocycles. The fourth-order valence-corrected chi connectivity index (χ4v) is 4.52. The number of hydrogen-bond acceptors (Lipinski definition) is 2. The molecular weight excluding hydrogens is 388 g/mol. The third kappa shape index (κ3) is 5.23. The van der Waals surface area contributed by atoms with Gasteiger partial charge >= 0.3 is 0 Å². The number of benzene rings is 1. The lowest BCUT2D eigenvalue weighted by molar-refractivity contribution is 0.314. The van der Waals surface area contributed by atoms with E-state index in [-0.39, 0.29) is 12.5 Å². The van der Waals surface area contributed by atoms with Crippen LogP contribution in [-0.4, -0.2) is 24.2 Å². The summed E-state index contributed by atoms with van der Waals surface area (Å²) >= 11 is 3.50. The van der Waals surface area contributed by atoms with Crippen molar-refractivity contribution in [3.8, 4) is 5.75 Å². The first-order chi connectivity index (χ1) is 12.5. The molecule has 1 aromatic carbocycles. The largest absolute Gasteiger partial charge is 0.496 e. The molecule has 1 N–H and O–H groups in total. The van der Waals surface area contributed by atoms with Crippen molar-refractivity contribution in [1.82, 2.24) is 0 Å². The molecule has 0 bridgehead atoms. The number of hydrogen-bond donors (Lipinski definition) is 1. The molecule has 2 rings (SSSR count). The van der Waals surface area contributed by atoms with Crippen LogP contribution in [0.2, 0.25) is 0 Å². The molecule has 26 heavy (non-hydrogen) atoms. The summed E-state index contributed by atoms with van der Waals surface area (Å²) in [5.41, 5.74) is 6.24. The van der Waals surface area contributed by atoms with E-state index in [1.54, 1.807) is 7.11 Å². The Hall–Kier alpha value is -1.06. The monoisotopic (exact) mass is 420 g/mol. The zero-order valence-corrected chi connectivity index (χ0v) is 18.1. The lowest BCUT2D eigenvalue weighted by Gasteiger charge is -2.33. The summed E-state index contributed by atoms with van der Waals surface area (Å²) < 4.78 is 5.82. The number of alkyl halides is 1. The smallest absolute Gasteiger partial charge is 0.123 e. The zero-order chi connectivity index (χ0) is 19.1. The highest BCUT2D eigenvalue weighted by molar-refractivity contribution is 9.09. The molecule has 0 saturated carbocycles. The predicted octanol–water partition coefficient (Wildman–Crippen LogP) is 6.10. The Morgan fingerprint density at radius 3 is 2.69 bits per heavy atom. The summed E-state index contributed by atoms with van der Waals surface area (Å²) in [5, 5.41) is 10.7. The molecule has 0 saturated heterocycles. The maximum Gasteiger partial charge on any atom is 0.123 e. The van der Waals surface area contributed by atoms with E-state index in [0.29, 0.717) is 5.92 Å². The molecule has 1 aromatic rings. The summed E-state index contributed by atoms with van der Waals surface area (Å²) in [4.78, 5) is 0. The standard InChI is InChI=1S/C23H33BrO2/c1-16(2)20-10-9-19(15-25)13-21(20)23-17(3)12-18(14-22(23)26-4)8-6-5-7-11-24/h12-14,20-21,25H,1,5-11,15H2,2-4H3. The molecule has 0 fully saturated rings. The van der Waals surface area contributed by atoms with Crippen LogP contribution in [-0.2, 0) is 6.42 Å². The number of aliphatic hydroxyl groups is 1. The Balaban J connectivity index is 2.35. The summed E-state index contributed by atoms with van der Waals surface area (Å²) in [6.07, 6.45) is 9.03. The van der Waals surface area contributed by atoms with Crippen molar-refractivity contribution in [2.75, 3.05) is 19.0 Å². The molecular formula is C23H33BrO2. The zero-order valence-electron chi connectivity index (χ0n) is 16.5. The van der Waals surface area contributed by atoms with Crippen molar-refractivity contribution in [1.29, 1.82) is 0 Å². The Labute approximate surface area is 167 Å². The average molecular weight is 421 g/mol. The molecule has 0 spiro atoms. The van der Waals surface area contributed by atoms with E-state index in [0.717, 1.165) is 35.9 Å². The number of unbranched alkanes of at least 4 members (excludes halogenated alkanes) is 2. The first-order valence-corrected chi connectivity index (χ1v) is 10.8. The van der Waals surface area contributed by atoms with Crippen LogP contribution in [0.5, 0.6) is 5.75 Å². The van der Waals surface area contributed by atoms with Crippen molar-refractivity contribution in [3.05, 3.63) is 52.6 Å². The fourth-order valence-electron chi connectivity index (χ4n) is 4.12. The molecule has 3 heteroatoms. The minimum Gasteiger partial charge on any atom is -0.496 e. The first-order valence-electron chi connectivity index (χ1n) is 9.71. The lowest BCUT2D eigenvalue weighted by Crippen LogP contribution is -2.20. The molecule has 2 nitrogen and oxygen atoms in total. The van der Waals surface area contributed by atoms with Gasteiger partial charge in [-0.25, -0.2) is 0 Å². The molecule has 2 unspecified atom stereocenters. The number of aryl methyl sites for hydroxylation is 2. The van der Waals surface area contributed by atoms with E-state index in [2.05, 4.69) is 54.6 Å². The highest BCUT2D eigenvalue weighted by Crippen LogP contribution is 2.44. The van der Waals surface area contributed by atoms with Crippen molar-refractivity contribution in [2.24, 2.45) is 5.92 Å². The topological polar surface area (TPSA) is 29.5 Å². The number of ether oxygens (including phenoxy) is 1. The average Bonchev–Trinajstić information content (AvgIpc) is 2.64. The third-order valence-electron chi connectivity index (χ3n) is 5.52. The van der Waals surface area contributed by atoms with Gasteiger partial charge in [0, 0.05) is 16.8 Å². The van der Waals surface area contributed by atoms with Gasteiger partial charge in [-0.3, -0.25) is 0 Å². The summed E-state index contributed by atoms with van der Waals surface area (Å²) in [6, 6.07) is 4.54. The van der Waals surface area contributed by atoms with Crippen molar-refractivity contribution in [3.63, 3.8) is 0 Å². The van der Waals surface area contributed by atoms with Crippen LogP contribution in [0.25, 0.3) is 0 Å². The molecule has 0 heterocycles. The predicted molar refractivity (Wildman–Crippen MR) is 115 cm³/mol. The van der Waals surface area contributed by atoms with Gasteiger partial charge in [0.2, 0.25) is 0 Å². The quantitative estimate of drug-likeness (QED) is 0.297. The van der Waals surface area contributed by atoms with Gasteiger partial charge in [0.15, 0.2) is 0 Å². The van der Waals surface area contributed by atoms with E-state index in [9.17, 15) is 5.11 Å². The van der Waals surface area contributed by atoms with Crippen molar-refractivity contribution >= 4 is 15.9 Å². The molecule has 144 valence electrons. The Kier molecular flexibility index (Phi) is 8.43. The van der Waals surface area contributed by atoms with Gasteiger partial charge in [-0.05, 0) is 74.6 Å². The van der Waals surface area contributed by atoms with E-state index in [1.807, 2.05) is 0 Å². The van der Waals surface area contributed by atoms with Gasteiger partial charge in [-0.2, -0.15) is 0 Å². The first kappa shape index (κ1) is 21.2. The molecule has 0 aliphatic heterocycles. The highest BCUT2D eigenvalue weighted by atomic mass is 79.9. The minimum atomic E-state index is 0.145. The normalized spacial score (nSPS) is 20.0. The maximum atomic E-state index is 9.64. The number of methoxy groups -OCH3 is 1. The van der Waals surface area contributed by atoms with Crippen LogP contribution >= 0.6 is 15.9 Å². The Morgan fingerprint density at radius 2 is 2.08 bits per heavy atom. The number of aliphatic hydroxyl groups excluding tert-OH is 1. The van der Waals surface area contributed by atoms with Gasteiger partial charge in [-0.15, -0.1) is 0 Å². The second-order valence-electron chi connectivity index (χ2n) is 7.53. The maximum absolute atomic E-state index is 9.64. The van der Waals surface area contributed by atoms with Crippen LogP contribution < -0.4 is 4.74 Å². The molecule has 0 radical (unpaired) electrons. The van der Waals surface area contributed by atoms with Crippen molar-refractivity contribution in [2.45, 2.75) is 58.3 Å². The van der Waals surface area contributed by atoms with E-state index < -0.39 is 0 Å². The summed E-state index contributed by atoms with van der Waals surface area (Å²) in [6.45, 7) is 8.69. The van der Waals surface area contributed by atoms with Crippen molar-refractivity contribution < 1.29 is 9.84 Å². The molecule has 2 atom stereocenters. The summed E-state index contributed by atoms with van der Waals surface area (Å²) in [5.74, 6) is 1.62. The van der Waals surface area contributed by atoms with Crippen LogP contribution in [0, 0.1) is 12.8 Å². The highest BCUT2D eigenvalue weighted by Gasteiger charge is 2.30. The van der Waals surface area contributed by atoms with E-state index in [1.165, 1.54) is 41.5 Å². The number of allylic oxidation sites excluding steroid dienone is 2. The van der Waals surface area contributed by atoms with Crippen LogP contribution in [0.4, 0.5) is 0 Å². The van der Waals surface area contributed by atoms with E-state index >= 15 is 0 Å². The molecule has 0 aromatic heterocycles. The minimum absolute atomic E-state index is 0.145.